The molecule has 0 aromatic heterocycles. The lowest BCUT2D eigenvalue weighted by molar-refractivity contribution is -0.122. The van der Waals surface area contributed by atoms with E-state index in [1.807, 2.05) is 0 Å². The smallest absolute Gasteiger partial charge is 0.156 e. The number of benzene rings is 1. The number of sulfone groups is 1. The highest BCUT2D eigenvalue weighted by atomic mass is 32.2. The van der Waals surface area contributed by atoms with Gasteiger partial charge in [0, 0.05) is 12.3 Å². The van der Waals surface area contributed by atoms with Crippen LogP contribution in [0.1, 0.15) is 31.2 Å². The van der Waals surface area contributed by atoms with Gasteiger partial charge >= 0.3 is 0 Å². The second-order valence-corrected chi connectivity index (χ2v) is 8.47. The van der Waals surface area contributed by atoms with Crippen LogP contribution in [0.15, 0.2) is 18.2 Å². The first kappa shape index (κ1) is 14.6. The number of Topliss-reactive ketones (excluding diaryl/α,β-unsaturated/α-hetero) is 1. The van der Waals surface area contributed by atoms with Gasteiger partial charge in [0.25, 0.3) is 0 Å². The average molecular weight is 314 g/mol. The molecule has 3 nitrogen and oxygen atoms in total. The Balaban J connectivity index is 1.74. The molecule has 2 aliphatic rings. The molecule has 1 aromatic rings. The van der Waals surface area contributed by atoms with E-state index in [1.165, 1.54) is 0 Å². The van der Waals surface area contributed by atoms with Crippen molar-refractivity contribution in [1.82, 2.24) is 0 Å². The maximum atomic E-state index is 13.6. The molecule has 0 amide bonds. The minimum absolute atomic E-state index is 0.0424. The van der Waals surface area contributed by atoms with Crippen molar-refractivity contribution in [2.45, 2.75) is 42.6 Å². The van der Waals surface area contributed by atoms with Crippen LogP contribution in [0, 0.1) is 17.6 Å². The summed E-state index contributed by atoms with van der Waals surface area (Å²) in [6.45, 7) is 0. The lowest BCUT2D eigenvalue weighted by Crippen LogP contribution is -2.36. The third-order valence-corrected chi connectivity index (χ3v) is 7.38. The zero-order valence-electron chi connectivity index (χ0n) is 11.4. The molecular formula is C15H16F2O3S. The monoisotopic (exact) mass is 314 g/mol. The van der Waals surface area contributed by atoms with Crippen LogP contribution in [-0.2, 0) is 21.1 Å². The van der Waals surface area contributed by atoms with Gasteiger partial charge in [-0.05, 0) is 49.4 Å². The number of hydrogen-bond acceptors (Lipinski definition) is 3. The van der Waals surface area contributed by atoms with Crippen LogP contribution in [0.2, 0.25) is 0 Å². The normalized spacial score (nSPS) is 30.3. The quantitative estimate of drug-likeness (QED) is 0.861. The van der Waals surface area contributed by atoms with Crippen LogP contribution in [0.3, 0.4) is 0 Å². The Kier molecular flexibility index (Phi) is 3.59. The number of carbonyl (C=O) groups excluding carboxylic acids is 1. The second kappa shape index (κ2) is 5.16. The largest absolute Gasteiger partial charge is 0.299 e. The molecule has 6 heteroatoms. The van der Waals surface area contributed by atoms with Gasteiger partial charge in [-0.15, -0.1) is 0 Å². The van der Waals surface area contributed by atoms with Gasteiger partial charge in [0.15, 0.2) is 9.84 Å². The highest BCUT2D eigenvalue weighted by Crippen LogP contribution is 2.41. The van der Waals surface area contributed by atoms with Crippen molar-refractivity contribution in [3.05, 3.63) is 35.4 Å². The summed E-state index contributed by atoms with van der Waals surface area (Å²) in [5.41, 5.74) is 0.0424. The molecule has 2 atom stereocenters. The van der Waals surface area contributed by atoms with Gasteiger partial charge in [-0.3, -0.25) is 4.79 Å². The molecule has 0 saturated carbocycles. The predicted octanol–water partition coefficient (Wildman–Crippen LogP) is 2.43. The van der Waals surface area contributed by atoms with Crippen LogP contribution in [0.25, 0.3) is 0 Å². The van der Waals surface area contributed by atoms with Crippen molar-refractivity contribution < 1.29 is 22.0 Å². The van der Waals surface area contributed by atoms with Crippen LogP contribution in [-0.4, -0.2) is 24.7 Å². The minimum Gasteiger partial charge on any atom is -0.299 e. The number of halogens is 2. The van der Waals surface area contributed by atoms with E-state index in [-0.39, 0.29) is 23.7 Å². The molecule has 2 aliphatic heterocycles. The Hall–Kier alpha value is -1.30. The van der Waals surface area contributed by atoms with Crippen LogP contribution in [0.5, 0.6) is 0 Å². The number of carbonyl (C=O) groups is 1. The Morgan fingerprint density at radius 3 is 2.38 bits per heavy atom. The van der Waals surface area contributed by atoms with E-state index in [1.54, 1.807) is 0 Å². The average Bonchev–Trinajstić information content (AvgIpc) is 2.63. The zero-order chi connectivity index (χ0) is 15.2. The molecule has 0 spiro atoms. The first-order valence-electron chi connectivity index (χ1n) is 7.07. The van der Waals surface area contributed by atoms with Gasteiger partial charge in [-0.2, -0.15) is 0 Å². The molecular weight excluding hydrogens is 298 g/mol. The van der Waals surface area contributed by atoms with Crippen LogP contribution < -0.4 is 0 Å². The lowest BCUT2D eigenvalue weighted by atomic mass is 9.90. The molecule has 1 aromatic carbocycles. The number of hydrogen-bond donors (Lipinski definition) is 0. The molecule has 2 saturated heterocycles. The molecule has 21 heavy (non-hydrogen) atoms. The summed E-state index contributed by atoms with van der Waals surface area (Å²) in [6.07, 6.45) is 1.72. The summed E-state index contributed by atoms with van der Waals surface area (Å²) >= 11 is 0. The van der Waals surface area contributed by atoms with Crippen LogP contribution in [0.4, 0.5) is 8.78 Å². The summed E-state index contributed by atoms with van der Waals surface area (Å²) in [4.78, 5) is 12.3. The van der Waals surface area contributed by atoms with Crippen molar-refractivity contribution in [3.63, 3.8) is 0 Å². The summed E-state index contributed by atoms with van der Waals surface area (Å²) in [6, 6.07) is 3.05. The molecule has 2 unspecified atom stereocenters. The van der Waals surface area contributed by atoms with E-state index in [4.69, 9.17) is 0 Å². The van der Waals surface area contributed by atoms with Gasteiger partial charge in [-0.1, -0.05) is 0 Å². The second-order valence-electron chi connectivity index (χ2n) is 5.96. The van der Waals surface area contributed by atoms with Gasteiger partial charge < -0.3 is 0 Å². The molecule has 2 bridgehead atoms. The maximum absolute atomic E-state index is 13.6. The third-order valence-electron chi connectivity index (χ3n) is 4.66. The minimum atomic E-state index is -3.07. The highest BCUT2D eigenvalue weighted by molar-refractivity contribution is 7.93. The number of fused-ring (bicyclic) bond motifs is 2. The first-order valence-corrected chi connectivity index (χ1v) is 8.68. The van der Waals surface area contributed by atoms with Crippen molar-refractivity contribution in [2.75, 3.05) is 0 Å². The van der Waals surface area contributed by atoms with Crippen molar-refractivity contribution in [2.24, 2.45) is 5.92 Å². The Labute approximate surface area is 122 Å². The zero-order valence-corrected chi connectivity index (χ0v) is 12.2. The summed E-state index contributed by atoms with van der Waals surface area (Å²) < 4.78 is 50.6. The summed E-state index contributed by atoms with van der Waals surface area (Å²) in [7, 11) is -3.07. The Morgan fingerprint density at radius 1 is 1.14 bits per heavy atom. The van der Waals surface area contributed by atoms with Gasteiger partial charge in [0.05, 0.1) is 10.5 Å². The highest BCUT2D eigenvalue weighted by Gasteiger charge is 2.48. The molecule has 2 heterocycles. The maximum Gasteiger partial charge on any atom is 0.156 e. The van der Waals surface area contributed by atoms with E-state index < -0.39 is 32.0 Å². The third kappa shape index (κ3) is 2.61. The van der Waals surface area contributed by atoms with Crippen molar-refractivity contribution in [3.8, 4) is 0 Å². The molecule has 0 radical (unpaired) electrons. The Bertz CT molecular complexity index is 664. The topological polar surface area (TPSA) is 51.2 Å². The predicted molar refractivity (Wildman–Crippen MR) is 73.5 cm³/mol. The molecule has 0 N–H and O–H groups in total. The Morgan fingerprint density at radius 2 is 1.76 bits per heavy atom. The lowest BCUT2D eigenvalue weighted by Gasteiger charge is -2.27. The van der Waals surface area contributed by atoms with E-state index in [9.17, 15) is 22.0 Å². The van der Waals surface area contributed by atoms with Gasteiger partial charge in [0.2, 0.25) is 0 Å². The molecule has 3 rings (SSSR count). The summed E-state index contributed by atoms with van der Waals surface area (Å²) in [5.74, 6) is -1.72. The first-order chi connectivity index (χ1) is 9.88. The van der Waals surface area contributed by atoms with E-state index in [2.05, 4.69) is 0 Å². The van der Waals surface area contributed by atoms with E-state index in [0.717, 1.165) is 18.2 Å². The van der Waals surface area contributed by atoms with Crippen molar-refractivity contribution in [1.29, 1.82) is 0 Å². The van der Waals surface area contributed by atoms with Gasteiger partial charge in [-0.25, -0.2) is 17.2 Å². The van der Waals surface area contributed by atoms with Crippen molar-refractivity contribution >= 4 is 15.6 Å². The number of ketones is 1. The molecule has 0 aliphatic carbocycles. The SMILES string of the molecule is O=C(Cc1cc(F)ccc1F)C1CC2CCC(C1)S2(=O)=O. The molecule has 114 valence electrons. The van der Waals surface area contributed by atoms with Crippen LogP contribution >= 0.6 is 0 Å². The number of rotatable bonds is 3. The van der Waals surface area contributed by atoms with E-state index >= 15 is 0 Å². The standard InChI is InChI=1S/C15H16F2O3S/c16-11-1-4-14(17)9(5-11)8-15(18)10-6-12-2-3-13(7-10)21(12,19)20/h1,4-5,10,12-13H,2-3,6-8H2. The van der Waals surface area contributed by atoms with Gasteiger partial charge in [0.1, 0.15) is 17.4 Å². The summed E-state index contributed by atoms with van der Waals surface area (Å²) in [5, 5.41) is -0.856. The fourth-order valence-corrected chi connectivity index (χ4v) is 5.96. The van der Waals surface area contributed by atoms with E-state index in [0.29, 0.717) is 25.7 Å². The fraction of sp³-hybridized carbons (Fsp3) is 0.533. The molecule has 2 fully saturated rings. The fourth-order valence-electron chi connectivity index (χ4n) is 3.48.